The van der Waals surface area contributed by atoms with Gasteiger partial charge < -0.3 is 10.6 Å². The summed E-state index contributed by atoms with van der Waals surface area (Å²) in [6, 6.07) is 11.3. The molecule has 0 unspecified atom stereocenters. The molecule has 1 aromatic heterocycles. The van der Waals surface area contributed by atoms with Gasteiger partial charge in [-0.3, -0.25) is 0 Å². The zero-order chi connectivity index (χ0) is 17.1. The summed E-state index contributed by atoms with van der Waals surface area (Å²) in [6.45, 7) is 3.86. The molecular formula is C17H15Cl2N5. The fraction of sp³-hybridized carbons (Fsp3) is 0.118. The summed E-state index contributed by atoms with van der Waals surface area (Å²) in [5.41, 5.74) is 3.57. The maximum Gasteiger partial charge on any atom is 0.249 e. The van der Waals surface area contributed by atoms with E-state index in [2.05, 4.69) is 25.8 Å². The molecule has 0 atom stereocenters. The van der Waals surface area contributed by atoms with Gasteiger partial charge in [0.25, 0.3) is 0 Å². The summed E-state index contributed by atoms with van der Waals surface area (Å²) in [5, 5.41) is 15.7. The quantitative estimate of drug-likeness (QED) is 0.663. The predicted octanol–water partition coefficient (Wildman–Crippen LogP) is 5.28. The number of hydrogen-bond donors (Lipinski definition) is 2. The zero-order valence-corrected chi connectivity index (χ0v) is 14.7. The largest absolute Gasteiger partial charge is 0.339 e. The topological polar surface area (TPSA) is 62.7 Å². The third kappa shape index (κ3) is 3.58. The lowest BCUT2D eigenvalue weighted by molar-refractivity contribution is 0.981. The van der Waals surface area contributed by atoms with E-state index in [1.165, 1.54) is 0 Å². The molecule has 0 aliphatic rings. The van der Waals surface area contributed by atoms with Crippen molar-refractivity contribution in [1.29, 1.82) is 0 Å². The maximum atomic E-state index is 6.14. The Labute approximate surface area is 150 Å². The van der Waals surface area contributed by atoms with E-state index in [0.29, 0.717) is 21.8 Å². The monoisotopic (exact) mass is 359 g/mol. The highest BCUT2D eigenvalue weighted by molar-refractivity contribution is 6.32. The summed E-state index contributed by atoms with van der Waals surface area (Å²) in [6.07, 6.45) is 1.55. The van der Waals surface area contributed by atoms with E-state index in [9.17, 15) is 0 Å². The Kier molecular flexibility index (Phi) is 4.83. The van der Waals surface area contributed by atoms with Crippen molar-refractivity contribution in [3.05, 3.63) is 63.8 Å². The molecule has 0 saturated heterocycles. The predicted molar refractivity (Wildman–Crippen MR) is 98.8 cm³/mol. The van der Waals surface area contributed by atoms with Gasteiger partial charge in [0.05, 0.1) is 6.20 Å². The lowest BCUT2D eigenvalue weighted by Crippen LogP contribution is -2.04. The Hall–Kier alpha value is -2.37. The highest BCUT2D eigenvalue weighted by Gasteiger charge is 2.07. The van der Waals surface area contributed by atoms with Gasteiger partial charge >= 0.3 is 0 Å². The van der Waals surface area contributed by atoms with E-state index in [0.717, 1.165) is 22.5 Å². The van der Waals surface area contributed by atoms with Crippen LogP contribution in [-0.4, -0.2) is 15.2 Å². The van der Waals surface area contributed by atoms with Gasteiger partial charge in [-0.2, -0.15) is 10.1 Å². The van der Waals surface area contributed by atoms with Crippen molar-refractivity contribution >= 4 is 46.3 Å². The average molecular weight is 360 g/mol. The van der Waals surface area contributed by atoms with Gasteiger partial charge in [0.1, 0.15) is 0 Å². The first-order valence-corrected chi connectivity index (χ1v) is 8.04. The molecule has 0 amide bonds. The number of hydrogen-bond acceptors (Lipinski definition) is 5. The SMILES string of the molecule is Cc1c(Cl)cccc1Nc1cnnc(Nc2cccc(Cl)c2C)n1. The van der Waals surface area contributed by atoms with Crippen molar-refractivity contribution in [2.24, 2.45) is 0 Å². The summed E-state index contributed by atoms with van der Waals surface area (Å²) in [5.74, 6) is 0.947. The van der Waals surface area contributed by atoms with Crippen LogP contribution in [0.2, 0.25) is 10.0 Å². The highest BCUT2D eigenvalue weighted by atomic mass is 35.5. The molecule has 2 aromatic carbocycles. The Morgan fingerprint density at radius 1 is 0.833 bits per heavy atom. The number of nitrogens with one attached hydrogen (secondary N) is 2. The first kappa shape index (κ1) is 16.5. The third-order valence-electron chi connectivity index (χ3n) is 3.60. The van der Waals surface area contributed by atoms with Crippen LogP contribution in [-0.2, 0) is 0 Å². The van der Waals surface area contributed by atoms with Crippen LogP contribution in [0.3, 0.4) is 0 Å². The van der Waals surface area contributed by atoms with Crippen molar-refractivity contribution in [3.8, 4) is 0 Å². The van der Waals surface area contributed by atoms with Crippen LogP contribution in [0.1, 0.15) is 11.1 Å². The van der Waals surface area contributed by atoms with E-state index >= 15 is 0 Å². The van der Waals surface area contributed by atoms with Crippen LogP contribution in [0.15, 0.2) is 42.6 Å². The second-order valence-corrected chi connectivity index (χ2v) is 6.05. The van der Waals surface area contributed by atoms with E-state index in [4.69, 9.17) is 23.2 Å². The first-order valence-electron chi connectivity index (χ1n) is 7.28. The molecule has 0 radical (unpaired) electrons. The molecule has 0 aliphatic carbocycles. The van der Waals surface area contributed by atoms with Gasteiger partial charge in [-0.15, -0.1) is 5.10 Å². The van der Waals surface area contributed by atoms with Gasteiger partial charge in [0.2, 0.25) is 5.95 Å². The van der Waals surface area contributed by atoms with Gasteiger partial charge in [-0.25, -0.2) is 0 Å². The molecule has 2 N–H and O–H groups in total. The van der Waals surface area contributed by atoms with Crippen molar-refractivity contribution in [1.82, 2.24) is 15.2 Å². The van der Waals surface area contributed by atoms with Crippen LogP contribution in [0.5, 0.6) is 0 Å². The number of nitrogens with zero attached hydrogens (tertiary/aromatic N) is 3. The smallest absolute Gasteiger partial charge is 0.249 e. The summed E-state index contributed by atoms with van der Waals surface area (Å²) in [4.78, 5) is 4.42. The van der Waals surface area contributed by atoms with Gasteiger partial charge in [0.15, 0.2) is 5.82 Å². The maximum absolute atomic E-state index is 6.14. The van der Waals surface area contributed by atoms with Crippen LogP contribution in [0.25, 0.3) is 0 Å². The lowest BCUT2D eigenvalue weighted by atomic mass is 10.2. The number of rotatable bonds is 4. The minimum absolute atomic E-state index is 0.380. The Bertz CT molecular complexity index is 814. The van der Waals surface area contributed by atoms with Crippen LogP contribution in [0, 0.1) is 13.8 Å². The zero-order valence-electron chi connectivity index (χ0n) is 13.1. The number of benzene rings is 2. The van der Waals surface area contributed by atoms with Crippen LogP contribution < -0.4 is 10.6 Å². The molecule has 5 nitrogen and oxygen atoms in total. The molecule has 3 aromatic rings. The molecule has 0 saturated carbocycles. The van der Waals surface area contributed by atoms with Crippen molar-refractivity contribution < 1.29 is 0 Å². The van der Waals surface area contributed by atoms with Gasteiger partial charge in [0, 0.05) is 21.4 Å². The molecule has 0 spiro atoms. The van der Waals surface area contributed by atoms with Crippen LogP contribution >= 0.6 is 23.2 Å². The van der Waals surface area contributed by atoms with Crippen molar-refractivity contribution in [2.45, 2.75) is 13.8 Å². The molecule has 0 fully saturated rings. The van der Waals surface area contributed by atoms with Gasteiger partial charge in [-0.1, -0.05) is 35.3 Å². The minimum Gasteiger partial charge on any atom is -0.339 e. The fourth-order valence-electron chi connectivity index (χ4n) is 2.16. The molecule has 122 valence electrons. The second kappa shape index (κ2) is 7.03. The Morgan fingerprint density at radius 3 is 2.04 bits per heavy atom. The standard InChI is InChI=1S/C17H15Cl2N5/c1-10-12(18)5-3-7-14(10)21-16-9-20-24-17(23-16)22-15-8-4-6-13(19)11(15)2/h3-9H,1-2H3,(H2,21,22,23,24). The van der Waals surface area contributed by atoms with E-state index in [1.807, 2.05) is 50.2 Å². The first-order chi connectivity index (χ1) is 11.5. The fourth-order valence-corrected chi connectivity index (χ4v) is 2.51. The van der Waals surface area contributed by atoms with Crippen LogP contribution in [0.4, 0.5) is 23.1 Å². The molecule has 1 heterocycles. The second-order valence-electron chi connectivity index (χ2n) is 5.24. The molecule has 7 heteroatoms. The average Bonchev–Trinajstić information content (AvgIpc) is 2.57. The Morgan fingerprint density at radius 2 is 1.42 bits per heavy atom. The molecule has 0 bridgehead atoms. The lowest BCUT2D eigenvalue weighted by Gasteiger charge is -2.11. The van der Waals surface area contributed by atoms with E-state index in [1.54, 1.807) is 6.20 Å². The third-order valence-corrected chi connectivity index (χ3v) is 4.42. The van der Waals surface area contributed by atoms with Crippen molar-refractivity contribution in [3.63, 3.8) is 0 Å². The molecular weight excluding hydrogens is 345 g/mol. The van der Waals surface area contributed by atoms with E-state index in [-0.39, 0.29) is 0 Å². The number of anilines is 4. The highest BCUT2D eigenvalue weighted by Crippen LogP contribution is 2.27. The van der Waals surface area contributed by atoms with Crippen molar-refractivity contribution in [2.75, 3.05) is 10.6 Å². The van der Waals surface area contributed by atoms with E-state index < -0.39 is 0 Å². The summed E-state index contributed by atoms with van der Waals surface area (Å²) >= 11 is 12.3. The molecule has 24 heavy (non-hydrogen) atoms. The molecule has 3 rings (SSSR count). The minimum atomic E-state index is 0.380. The summed E-state index contributed by atoms with van der Waals surface area (Å²) < 4.78 is 0. The Balaban J connectivity index is 1.84. The number of aromatic nitrogens is 3. The molecule has 0 aliphatic heterocycles. The van der Waals surface area contributed by atoms with Gasteiger partial charge in [-0.05, 0) is 49.2 Å². The number of halogens is 2. The normalized spacial score (nSPS) is 10.5. The summed E-state index contributed by atoms with van der Waals surface area (Å²) in [7, 11) is 0.